The number of hydrogen-bond acceptors (Lipinski definition) is 10. The number of piperazine rings is 1. The van der Waals surface area contributed by atoms with E-state index in [0.717, 1.165) is 33.4 Å². The summed E-state index contributed by atoms with van der Waals surface area (Å²) in [6.45, 7) is 8.11. The molecule has 2 aromatic rings. The zero-order valence-corrected chi connectivity index (χ0v) is 24.2. The van der Waals surface area contributed by atoms with E-state index in [0.29, 0.717) is 48.2 Å². The van der Waals surface area contributed by atoms with E-state index in [2.05, 4.69) is 35.6 Å². The molecule has 4 aliphatic rings. The Balaban J connectivity index is 1.60. The molecule has 41 heavy (non-hydrogen) atoms. The third-order valence-electron chi connectivity index (χ3n) is 9.09. The lowest BCUT2D eigenvalue weighted by Crippen LogP contribution is -2.68. The maximum atomic E-state index is 11.0. The second kappa shape index (κ2) is 10.7. The zero-order valence-electron chi connectivity index (χ0n) is 24.2. The highest BCUT2D eigenvalue weighted by molar-refractivity contribution is 5.66. The van der Waals surface area contributed by atoms with Crippen LogP contribution in [0.1, 0.15) is 45.5 Å². The Morgan fingerprint density at radius 2 is 1.88 bits per heavy atom. The van der Waals surface area contributed by atoms with E-state index in [1.165, 1.54) is 0 Å². The zero-order chi connectivity index (χ0) is 29.0. The smallest absolute Gasteiger partial charge is 0.231 e. The van der Waals surface area contributed by atoms with Crippen LogP contribution in [0.3, 0.4) is 0 Å². The summed E-state index contributed by atoms with van der Waals surface area (Å²) >= 11 is 0. The number of nitriles is 1. The van der Waals surface area contributed by atoms with Gasteiger partial charge in [0.1, 0.15) is 18.4 Å². The molecule has 218 valence electrons. The number of aliphatic hydroxyl groups excluding tert-OH is 1. The van der Waals surface area contributed by atoms with Crippen molar-refractivity contribution in [2.24, 2.45) is 0 Å². The van der Waals surface area contributed by atoms with Gasteiger partial charge in [-0.15, -0.1) is 0 Å². The van der Waals surface area contributed by atoms with Crippen LogP contribution in [-0.4, -0.2) is 81.1 Å². The number of fused-ring (bicyclic) bond motifs is 9. The highest BCUT2D eigenvalue weighted by atomic mass is 16.7. The number of hydrogen-bond donors (Lipinski definition) is 1. The van der Waals surface area contributed by atoms with Gasteiger partial charge in [-0.2, -0.15) is 5.26 Å². The molecule has 0 saturated carbocycles. The summed E-state index contributed by atoms with van der Waals surface area (Å²) in [6.07, 6.45) is 2.93. The van der Waals surface area contributed by atoms with Crippen molar-refractivity contribution in [1.29, 1.82) is 5.26 Å². The Bertz CT molecular complexity index is 1420. The van der Waals surface area contributed by atoms with Crippen LogP contribution in [0.2, 0.25) is 0 Å². The summed E-state index contributed by atoms with van der Waals surface area (Å²) < 4.78 is 35.6. The van der Waals surface area contributed by atoms with Crippen LogP contribution >= 0.6 is 0 Å². The lowest BCUT2D eigenvalue weighted by molar-refractivity contribution is -0.0832. The van der Waals surface area contributed by atoms with E-state index in [1.807, 2.05) is 13.8 Å². The molecule has 0 aromatic heterocycles. The van der Waals surface area contributed by atoms with Crippen molar-refractivity contribution in [3.8, 4) is 34.8 Å². The first kappa shape index (κ1) is 27.7. The third kappa shape index (κ3) is 3.98. The van der Waals surface area contributed by atoms with E-state index in [9.17, 15) is 10.4 Å². The van der Waals surface area contributed by atoms with Crippen LogP contribution in [0.5, 0.6) is 28.7 Å². The van der Waals surface area contributed by atoms with Gasteiger partial charge in [-0.1, -0.05) is 18.7 Å². The van der Waals surface area contributed by atoms with Crippen molar-refractivity contribution in [3.63, 3.8) is 0 Å². The van der Waals surface area contributed by atoms with Gasteiger partial charge in [0.25, 0.3) is 0 Å². The van der Waals surface area contributed by atoms with Gasteiger partial charge in [-0.05, 0) is 44.9 Å². The lowest BCUT2D eigenvalue weighted by Gasteiger charge is -2.59. The van der Waals surface area contributed by atoms with Crippen molar-refractivity contribution < 1.29 is 33.5 Å². The van der Waals surface area contributed by atoms with Gasteiger partial charge in [-0.3, -0.25) is 9.80 Å². The second-order valence-electron chi connectivity index (χ2n) is 11.1. The predicted octanol–water partition coefficient (Wildman–Crippen LogP) is 3.35. The molecule has 0 aliphatic carbocycles. The molecule has 1 saturated heterocycles. The van der Waals surface area contributed by atoms with E-state index < -0.39 is 12.1 Å². The van der Waals surface area contributed by atoms with Gasteiger partial charge in [0, 0.05) is 41.4 Å². The van der Waals surface area contributed by atoms with Gasteiger partial charge < -0.3 is 33.5 Å². The molecular weight excluding hydrogens is 526 g/mol. The van der Waals surface area contributed by atoms with Gasteiger partial charge in [0.2, 0.25) is 6.79 Å². The van der Waals surface area contributed by atoms with Gasteiger partial charge in [0.15, 0.2) is 29.8 Å². The molecule has 4 heterocycles. The molecule has 10 heteroatoms. The van der Waals surface area contributed by atoms with E-state index in [1.54, 1.807) is 20.3 Å². The quantitative estimate of drug-likeness (QED) is 0.380. The minimum Gasteiger partial charge on any atom is -0.493 e. The fourth-order valence-electron chi connectivity index (χ4n) is 7.58. The molecule has 4 aliphatic heterocycles. The number of methoxy groups -OCH3 is 2. The van der Waals surface area contributed by atoms with E-state index >= 15 is 0 Å². The molecule has 10 nitrogen and oxygen atoms in total. The van der Waals surface area contributed by atoms with E-state index in [4.69, 9.17) is 28.4 Å². The van der Waals surface area contributed by atoms with Crippen molar-refractivity contribution in [2.75, 3.05) is 48.1 Å². The summed E-state index contributed by atoms with van der Waals surface area (Å²) in [6, 6.07) is 3.36. The standard InChI is InChI=1S/C31H37N3O7/c1-7-8-38-28-17(3)29-31(41-15-40-29)25-19(28)11-21-26-24-18(9-16(2)27(37-6)30(24)39-14-36-5)10-20(33(26)4)22(12-32)34(21)23(25)13-35/h7,9,20-23,26,35H,1,8,10-11,13-15H2,2-6H3/t20-,21+,22+,23+,26+/m1/s1. The molecule has 0 radical (unpaired) electrons. The number of likely N-dealkylation sites (N-methyl/N-ethyl adjacent to an activating group) is 1. The average Bonchev–Trinajstić information content (AvgIpc) is 3.46. The first-order chi connectivity index (χ1) is 19.9. The maximum absolute atomic E-state index is 11.0. The van der Waals surface area contributed by atoms with Crippen LogP contribution in [0.25, 0.3) is 0 Å². The Kier molecular flexibility index (Phi) is 7.24. The number of aryl methyl sites for hydroxylation is 1. The normalized spacial score (nSPS) is 25.9. The monoisotopic (exact) mass is 563 g/mol. The summed E-state index contributed by atoms with van der Waals surface area (Å²) in [5.74, 6) is 3.30. The number of ether oxygens (including phenoxy) is 6. The van der Waals surface area contributed by atoms with Crippen LogP contribution in [-0.2, 0) is 17.6 Å². The largest absolute Gasteiger partial charge is 0.493 e. The summed E-state index contributed by atoms with van der Waals surface area (Å²) in [7, 11) is 5.32. The van der Waals surface area contributed by atoms with E-state index in [-0.39, 0.29) is 38.3 Å². The number of aliphatic hydroxyl groups is 1. The molecule has 1 N–H and O–H groups in total. The molecule has 5 atom stereocenters. The van der Waals surface area contributed by atoms with Gasteiger partial charge >= 0.3 is 0 Å². The summed E-state index contributed by atoms with van der Waals surface area (Å²) in [5.41, 5.74) is 5.78. The Hall–Kier alpha value is -3.49. The summed E-state index contributed by atoms with van der Waals surface area (Å²) in [4.78, 5) is 4.50. The fraction of sp³-hybridized carbons (Fsp3) is 0.516. The SMILES string of the molecule is C=CCOc1c(C)c2c(c3c1C[C@H]1[C@H]4c5c(cc(C)c(OC)c5OCOC)C[C@H]([C@H](C#N)N1[C@H]3CO)N4C)OCO2. The molecule has 6 rings (SSSR count). The van der Waals surface area contributed by atoms with Crippen LogP contribution in [0, 0.1) is 25.2 Å². The Morgan fingerprint density at radius 3 is 2.56 bits per heavy atom. The average molecular weight is 564 g/mol. The van der Waals surface area contributed by atoms with Gasteiger partial charge in [-0.25, -0.2) is 0 Å². The van der Waals surface area contributed by atoms with Crippen molar-refractivity contribution in [2.45, 2.75) is 56.9 Å². The molecule has 0 unspecified atom stereocenters. The van der Waals surface area contributed by atoms with Crippen LogP contribution in [0.4, 0.5) is 0 Å². The molecule has 2 bridgehead atoms. The highest BCUT2D eigenvalue weighted by Gasteiger charge is 2.56. The Labute approximate surface area is 240 Å². The fourth-order valence-corrected chi connectivity index (χ4v) is 7.58. The maximum Gasteiger partial charge on any atom is 0.231 e. The minimum atomic E-state index is -0.494. The third-order valence-corrected chi connectivity index (χ3v) is 9.09. The topological polar surface area (TPSA) is 106 Å². The molecule has 0 amide bonds. The van der Waals surface area contributed by atoms with Gasteiger partial charge in [0.05, 0.1) is 31.9 Å². The number of rotatable bonds is 8. The van der Waals surface area contributed by atoms with Crippen molar-refractivity contribution in [3.05, 3.63) is 52.1 Å². The molecular formula is C31H37N3O7. The lowest BCUT2D eigenvalue weighted by atomic mass is 9.71. The van der Waals surface area contributed by atoms with Crippen LogP contribution in [0.15, 0.2) is 18.7 Å². The minimum absolute atomic E-state index is 0.0750. The Morgan fingerprint density at radius 1 is 1.10 bits per heavy atom. The number of nitrogens with zero attached hydrogens (tertiary/aromatic N) is 3. The molecule has 2 aromatic carbocycles. The molecule has 1 fully saturated rings. The highest BCUT2D eigenvalue weighted by Crippen LogP contribution is 2.58. The number of benzene rings is 2. The first-order valence-electron chi connectivity index (χ1n) is 13.9. The van der Waals surface area contributed by atoms with Crippen molar-refractivity contribution >= 4 is 0 Å². The summed E-state index contributed by atoms with van der Waals surface area (Å²) in [5, 5.41) is 21.6. The van der Waals surface area contributed by atoms with Crippen LogP contribution < -0.4 is 23.7 Å². The molecule has 0 spiro atoms. The second-order valence-corrected chi connectivity index (χ2v) is 11.1. The first-order valence-corrected chi connectivity index (χ1v) is 13.9. The van der Waals surface area contributed by atoms with Crippen molar-refractivity contribution in [1.82, 2.24) is 9.80 Å². The predicted molar refractivity (Wildman–Crippen MR) is 150 cm³/mol.